The lowest BCUT2D eigenvalue weighted by Gasteiger charge is -2.64. The van der Waals surface area contributed by atoms with Gasteiger partial charge in [-0.3, -0.25) is 0 Å². The Hall–Kier alpha value is -1.23. The van der Waals surface area contributed by atoms with Gasteiger partial charge in [0, 0.05) is 30.8 Å². The largest absolute Gasteiger partial charge is 0.458 e. The van der Waals surface area contributed by atoms with Crippen molar-refractivity contribution in [2.45, 2.75) is 197 Å². The molecular formula is C41H64O13. The number of aliphatic hydroxyl groups excluding tert-OH is 4. The van der Waals surface area contributed by atoms with Crippen molar-refractivity contribution in [2.24, 2.45) is 34.5 Å². The summed E-state index contributed by atoms with van der Waals surface area (Å²) in [6.07, 6.45) is 1.90. The monoisotopic (exact) mass is 764 g/mol. The lowest BCUT2D eigenvalue weighted by atomic mass is 9.43. The molecule has 4 saturated carbocycles. The average Bonchev–Trinajstić information content (AvgIpc) is 3.66. The summed E-state index contributed by atoms with van der Waals surface area (Å²) in [5.41, 5.74) is 0.215. The van der Waals surface area contributed by atoms with Gasteiger partial charge >= 0.3 is 5.97 Å². The first-order valence-electron chi connectivity index (χ1n) is 20.8. The van der Waals surface area contributed by atoms with Crippen molar-refractivity contribution in [2.75, 3.05) is 6.61 Å². The van der Waals surface area contributed by atoms with Crippen LogP contribution in [0.2, 0.25) is 0 Å². The molecular weight excluding hydrogens is 700 g/mol. The van der Waals surface area contributed by atoms with Crippen LogP contribution in [0.1, 0.15) is 112 Å². The zero-order valence-corrected chi connectivity index (χ0v) is 32.6. The van der Waals surface area contributed by atoms with E-state index < -0.39 is 79.4 Å². The fraction of sp³-hybridized carbons (Fsp3) is 0.927. The van der Waals surface area contributed by atoms with Crippen LogP contribution in [0, 0.1) is 34.5 Å². The lowest BCUT2D eigenvalue weighted by molar-refractivity contribution is -0.336. The minimum Gasteiger partial charge on any atom is -0.458 e. The van der Waals surface area contributed by atoms with E-state index in [0.29, 0.717) is 18.4 Å². The van der Waals surface area contributed by atoms with Crippen LogP contribution in [0.3, 0.4) is 0 Å². The molecule has 0 bridgehead atoms. The number of fused-ring (bicyclic) bond motifs is 5. The molecule has 20 atom stereocenters. The quantitative estimate of drug-likeness (QED) is 0.188. The third-order valence-corrected chi connectivity index (χ3v) is 15.9. The number of cyclic esters (lactones) is 1. The summed E-state index contributed by atoms with van der Waals surface area (Å²) in [5, 5.41) is 55.0. The van der Waals surface area contributed by atoms with E-state index in [1.807, 2.05) is 6.92 Å². The van der Waals surface area contributed by atoms with Gasteiger partial charge in [-0.25, -0.2) is 4.79 Å². The number of aliphatic hydroxyl groups is 5. The van der Waals surface area contributed by atoms with Gasteiger partial charge in [-0.2, -0.15) is 0 Å². The Labute approximate surface area is 319 Å². The summed E-state index contributed by atoms with van der Waals surface area (Å²) in [6, 6.07) is 0. The maximum atomic E-state index is 12.6. The number of carbonyl (C=O) groups is 1. The van der Waals surface area contributed by atoms with Crippen LogP contribution >= 0.6 is 0 Å². The van der Waals surface area contributed by atoms with Crippen molar-refractivity contribution in [1.82, 2.24) is 0 Å². The normalized spacial score (nSPS) is 55.0. The Bertz CT molecular complexity index is 1370. The van der Waals surface area contributed by atoms with Crippen LogP contribution in [-0.2, 0) is 38.0 Å². The van der Waals surface area contributed by atoms with Crippen molar-refractivity contribution in [3.8, 4) is 0 Å². The highest BCUT2D eigenvalue weighted by atomic mass is 16.7. The molecule has 4 aliphatic carbocycles. The number of carbonyl (C=O) groups excluding carboxylic acids is 1. The van der Waals surface area contributed by atoms with Gasteiger partial charge in [0.2, 0.25) is 0 Å². The third-order valence-electron chi connectivity index (χ3n) is 15.9. The molecule has 8 rings (SSSR count). The Kier molecular flexibility index (Phi) is 10.9. The van der Waals surface area contributed by atoms with E-state index in [-0.39, 0.29) is 54.0 Å². The van der Waals surface area contributed by atoms with Crippen LogP contribution < -0.4 is 0 Å². The van der Waals surface area contributed by atoms with Crippen molar-refractivity contribution in [3.63, 3.8) is 0 Å². The fourth-order valence-electron chi connectivity index (χ4n) is 12.8. The first-order valence-corrected chi connectivity index (χ1v) is 20.8. The van der Waals surface area contributed by atoms with E-state index >= 15 is 0 Å². The van der Waals surface area contributed by atoms with Gasteiger partial charge in [0.25, 0.3) is 0 Å². The highest BCUT2D eigenvalue weighted by Crippen LogP contribution is 2.70. The third kappa shape index (κ3) is 6.82. The molecule has 7 fully saturated rings. The molecule has 0 spiro atoms. The van der Waals surface area contributed by atoms with E-state index in [1.54, 1.807) is 19.9 Å². The highest BCUT2D eigenvalue weighted by molar-refractivity contribution is 5.85. The molecule has 0 amide bonds. The van der Waals surface area contributed by atoms with Crippen molar-refractivity contribution in [3.05, 3.63) is 11.6 Å². The average molecular weight is 765 g/mol. The van der Waals surface area contributed by atoms with Crippen LogP contribution in [0.4, 0.5) is 0 Å². The molecule has 5 N–H and O–H groups in total. The van der Waals surface area contributed by atoms with Gasteiger partial charge in [-0.15, -0.1) is 0 Å². The van der Waals surface area contributed by atoms with Crippen LogP contribution in [-0.4, -0.2) is 124 Å². The topological polar surface area (TPSA) is 183 Å². The Morgan fingerprint density at radius 1 is 0.685 bits per heavy atom. The molecule has 54 heavy (non-hydrogen) atoms. The summed E-state index contributed by atoms with van der Waals surface area (Å²) in [4.78, 5) is 11.9. The second kappa shape index (κ2) is 14.9. The lowest BCUT2D eigenvalue weighted by Crippen LogP contribution is -2.62. The first kappa shape index (κ1) is 39.6. The molecule has 3 saturated heterocycles. The molecule has 0 aromatic rings. The van der Waals surface area contributed by atoms with Gasteiger partial charge in [-0.05, 0) is 113 Å². The molecule has 8 aliphatic rings. The van der Waals surface area contributed by atoms with E-state index in [2.05, 4.69) is 13.8 Å². The zero-order chi connectivity index (χ0) is 38.3. The van der Waals surface area contributed by atoms with Gasteiger partial charge in [-0.1, -0.05) is 13.8 Å². The Balaban J connectivity index is 0.826. The SMILES string of the molecule is C[C@H]1O[C@@H](OC2[C@@H](O)C[C@H](O[C@H]3CC[C@]4(C)C5CC[C@]6(C)[C@@H](C7=CC(=O)OC7)CC[C@]6(O)C5CC[C@@H]4C3)O[C@@H]2C)C[C@H](O)C1O[C@H]1C[C@H](O)[C@H](O)[C@@H](C)O1. The molecule has 4 aliphatic heterocycles. The minimum absolute atomic E-state index is 0.0243. The second-order valence-corrected chi connectivity index (χ2v) is 18.7. The maximum absolute atomic E-state index is 12.6. The summed E-state index contributed by atoms with van der Waals surface area (Å²) < 4.78 is 42.2. The Morgan fingerprint density at radius 3 is 1.89 bits per heavy atom. The van der Waals surface area contributed by atoms with Gasteiger partial charge in [0.05, 0.1) is 48.3 Å². The first-order chi connectivity index (χ1) is 25.6. The molecule has 0 aromatic heterocycles. The summed E-state index contributed by atoms with van der Waals surface area (Å²) >= 11 is 0. The highest BCUT2D eigenvalue weighted by Gasteiger charge is 2.68. The Morgan fingerprint density at radius 2 is 1.30 bits per heavy atom. The summed E-state index contributed by atoms with van der Waals surface area (Å²) in [5.74, 6) is 1.13. The maximum Gasteiger partial charge on any atom is 0.331 e. The predicted octanol–water partition coefficient (Wildman–Crippen LogP) is 3.25. The molecule has 4 heterocycles. The number of hydrogen-bond donors (Lipinski definition) is 5. The van der Waals surface area contributed by atoms with E-state index in [9.17, 15) is 30.3 Å². The predicted molar refractivity (Wildman–Crippen MR) is 191 cm³/mol. The molecule has 0 aromatic carbocycles. The van der Waals surface area contributed by atoms with Gasteiger partial charge in [0.15, 0.2) is 18.9 Å². The number of ether oxygens (including phenoxy) is 7. The fourth-order valence-corrected chi connectivity index (χ4v) is 12.8. The van der Waals surface area contributed by atoms with Crippen molar-refractivity contribution in [1.29, 1.82) is 0 Å². The molecule has 4 unspecified atom stereocenters. The summed E-state index contributed by atoms with van der Waals surface area (Å²) in [7, 11) is 0. The zero-order valence-electron chi connectivity index (χ0n) is 32.6. The number of hydrogen-bond acceptors (Lipinski definition) is 13. The molecule has 0 radical (unpaired) electrons. The minimum atomic E-state index is -0.996. The number of esters is 1. The van der Waals surface area contributed by atoms with Gasteiger partial charge in [0.1, 0.15) is 24.9 Å². The standard InChI is InChI=1S/C41H64O13/c1-20-36(46)29(42)16-34(49-20)53-38-22(3)51-35(18-31(38)44)54-37-21(2)50-33(17-30(37)43)52-25-8-11-39(4)24(15-25)6-7-28-27(39)9-12-40(5)26(10-13-41(28,40)47)23-14-32(45)48-19-23/h14,20-22,24-31,33-38,42-44,46-47H,6-13,15-19H2,1-5H3/t20-,21-,22-,24-,25+,26-,27?,28?,29+,30+,31+,33+,34+,35+,36-,37?,38?,39+,40-,41+/m1/s1. The summed E-state index contributed by atoms with van der Waals surface area (Å²) in [6.45, 7) is 10.4. The van der Waals surface area contributed by atoms with Crippen LogP contribution in [0.25, 0.3) is 0 Å². The van der Waals surface area contributed by atoms with Crippen LogP contribution in [0.15, 0.2) is 11.6 Å². The number of rotatable bonds is 7. The van der Waals surface area contributed by atoms with Gasteiger partial charge < -0.3 is 58.7 Å². The molecule has 306 valence electrons. The van der Waals surface area contributed by atoms with E-state index in [4.69, 9.17) is 33.2 Å². The van der Waals surface area contributed by atoms with E-state index in [0.717, 1.165) is 63.4 Å². The van der Waals surface area contributed by atoms with E-state index in [1.165, 1.54) is 0 Å². The van der Waals surface area contributed by atoms with Crippen LogP contribution in [0.5, 0.6) is 0 Å². The van der Waals surface area contributed by atoms with Crippen molar-refractivity contribution >= 4 is 5.97 Å². The smallest absolute Gasteiger partial charge is 0.331 e. The molecule has 13 nitrogen and oxygen atoms in total. The second-order valence-electron chi connectivity index (χ2n) is 18.7. The molecule has 13 heteroatoms. The van der Waals surface area contributed by atoms with Crippen molar-refractivity contribution < 1.29 is 63.5 Å².